The van der Waals surface area contributed by atoms with Crippen LogP contribution in [0.1, 0.15) is 29.5 Å². The molecule has 1 aliphatic carbocycles. The Morgan fingerprint density at radius 3 is 2.64 bits per heavy atom. The number of benzene rings is 1. The molecule has 1 atom stereocenters. The highest BCUT2D eigenvalue weighted by Crippen LogP contribution is 2.44. The lowest BCUT2D eigenvalue weighted by Crippen LogP contribution is -2.59. The van der Waals surface area contributed by atoms with E-state index in [1.807, 2.05) is 5.32 Å². The molecule has 1 aromatic heterocycles. The Kier molecular flexibility index (Phi) is 4.18. The number of fused-ring (bicyclic) bond motifs is 1. The second-order valence-electron chi connectivity index (χ2n) is 6.95. The minimum absolute atomic E-state index is 0.0380. The lowest BCUT2D eigenvalue weighted by molar-refractivity contribution is -0.178. The largest absolute Gasteiger partial charge is 0.427 e. The maximum absolute atomic E-state index is 14.0. The van der Waals surface area contributed by atoms with Gasteiger partial charge in [0.2, 0.25) is 5.54 Å². The number of aromatic nitrogens is 1. The van der Waals surface area contributed by atoms with Crippen LogP contribution in [0.4, 0.5) is 23.7 Å². The average Bonchev–Trinajstić information content (AvgIpc) is 3.44. The zero-order chi connectivity index (χ0) is 19.9. The van der Waals surface area contributed by atoms with Crippen molar-refractivity contribution in [3.05, 3.63) is 63.6 Å². The summed E-state index contributed by atoms with van der Waals surface area (Å²) in [5.74, 6) is 4.88. The lowest BCUT2D eigenvalue weighted by Gasteiger charge is -2.37. The molecule has 28 heavy (non-hydrogen) atoms. The number of aromatic amines is 1. The molecule has 2 aliphatic rings. The molecular weight excluding hydrogens is 371 g/mol. The first-order chi connectivity index (χ1) is 13.3. The van der Waals surface area contributed by atoms with Crippen LogP contribution in [0.5, 0.6) is 0 Å². The normalized spacial score (nSPS) is 21.0. The number of pyridine rings is 1. The quantitative estimate of drug-likeness (QED) is 0.692. The molecule has 4 rings (SSSR count). The first-order valence-electron chi connectivity index (χ1n) is 8.77. The van der Waals surface area contributed by atoms with Crippen molar-refractivity contribution in [3.8, 4) is 11.8 Å². The van der Waals surface area contributed by atoms with E-state index in [1.165, 1.54) is 24.4 Å². The Labute approximate surface area is 158 Å². The van der Waals surface area contributed by atoms with Crippen molar-refractivity contribution in [2.75, 3.05) is 5.32 Å². The van der Waals surface area contributed by atoms with Gasteiger partial charge in [0.05, 0.1) is 0 Å². The van der Waals surface area contributed by atoms with E-state index in [1.54, 1.807) is 12.1 Å². The number of H-pyrrole nitrogens is 1. The fourth-order valence-corrected chi connectivity index (χ4v) is 3.17. The van der Waals surface area contributed by atoms with Crippen LogP contribution in [-0.2, 0) is 12.0 Å². The average molecular weight is 387 g/mol. The monoisotopic (exact) mass is 387 g/mol. The summed E-state index contributed by atoms with van der Waals surface area (Å²) in [6.07, 6.45) is -1.53. The molecule has 2 amide bonds. The van der Waals surface area contributed by atoms with E-state index in [0.717, 1.165) is 12.8 Å². The molecule has 0 spiro atoms. The summed E-state index contributed by atoms with van der Waals surface area (Å²) in [5, 5.41) is 4.41. The molecule has 0 radical (unpaired) electrons. The Morgan fingerprint density at radius 2 is 1.96 bits per heavy atom. The van der Waals surface area contributed by atoms with E-state index in [2.05, 4.69) is 22.1 Å². The Balaban J connectivity index is 1.78. The summed E-state index contributed by atoms with van der Waals surface area (Å²) in [7, 11) is 0. The molecule has 0 saturated heterocycles. The van der Waals surface area contributed by atoms with Gasteiger partial charge in [-0.15, -0.1) is 0 Å². The van der Waals surface area contributed by atoms with Crippen LogP contribution in [0.15, 0.2) is 41.3 Å². The molecule has 1 unspecified atom stereocenters. The highest BCUT2D eigenvalue weighted by molar-refractivity contribution is 5.95. The number of anilines is 1. The summed E-state index contributed by atoms with van der Waals surface area (Å²) in [6, 6.07) is 6.62. The summed E-state index contributed by atoms with van der Waals surface area (Å²) in [4.78, 5) is 26.4. The van der Waals surface area contributed by atoms with E-state index >= 15 is 0 Å². The van der Waals surface area contributed by atoms with Gasteiger partial charge in [0.1, 0.15) is 0 Å². The Hall–Kier alpha value is -3.21. The van der Waals surface area contributed by atoms with Gasteiger partial charge >= 0.3 is 12.2 Å². The molecule has 1 aliphatic heterocycles. The zero-order valence-electron chi connectivity index (χ0n) is 14.6. The van der Waals surface area contributed by atoms with Gasteiger partial charge in [-0.05, 0) is 30.5 Å². The molecule has 1 fully saturated rings. The van der Waals surface area contributed by atoms with Crippen LogP contribution in [0.3, 0.4) is 0 Å². The molecule has 1 aromatic carbocycles. The first-order valence-corrected chi connectivity index (χ1v) is 8.77. The number of hydrogen-bond acceptors (Lipinski definition) is 2. The molecule has 144 valence electrons. The van der Waals surface area contributed by atoms with E-state index in [4.69, 9.17) is 0 Å². The van der Waals surface area contributed by atoms with Gasteiger partial charge in [0.15, 0.2) is 0 Å². The van der Waals surface area contributed by atoms with Crippen molar-refractivity contribution in [1.29, 1.82) is 0 Å². The van der Waals surface area contributed by atoms with Crippen molar-refractivity contribution in [2.45, 2.75) is 31.0 Å². The summed E-state index contributed by atoms with van der Waals surface area (Å²) >= 11 is 0. The summed E-state index contributed by atoms with van der Waals surface area (Å²) in [6.45, 7) is 0. The first kappa shape index (κ1) is 18.2. The zero-order valence-corrected chi connectivity index (χ0v) is 14.6. The van der Waals surface area contributed by atoms with E-state index in [0.29, 0.717) is 11.1 Å². The van der Waals surface area contributed by atoms with Crippen LogP contribution >= 0.6 is 0 Å². The fraction of sp³-hybridized carbons (Fsp3) is 0.300. The van der Waals surface area contributed by atoms with Crippen LogP contribution in [-0.4, -0.2) is 17.2 Å². The van der Waals surface area contributed by atoms with Crippen LogP contribution in [0.25, 0.3) is 0 Å². The highest BCUT2D eigenvalue weighted by Gasteiger charge is 2.59. The van der Waals surface area contributed by atoms with Gasteiger partial charge < -0.3 is 15.6 Å². The second-order valence-corrected chi connectivity index (χ2v) is 6.95. The third kappa shape index (κ3) is 3.24. The third-order valence-electron chi connectivity index (χ3n) is 4.80. The molecular formula is C20H16F3N3O2. The SMILES string of the molecule is O=C1Nc2cc(Cc3ccc[nH]c3=O)ccc2C(C#CC2CC2)(C(F)(F)F)N1. The number of alkyl halides is 3. The van der Waals surface area contributed by atoms with Gasteiger partial charge in [-0.25, -0.2) is 4.79 Å². The smallest absolute Gasteiger partial charge is 0.329 e. The molecule has 2 aromatic rings. The standard InChI is InChI=1S/C20H16F3N3O2/c21-20(22,23)19(8-7-12-3-4-12)15-6-5-13(11-16(15)25-18(28)26-19)10-14-2-1-9-24-17(14)27/h1-2,5-6,9,11-12H,3-4,10H2,(H,24,27)(H2,25,26,28). The minimum atomic E-state index is -4.79. The molecule has 1 saturated carbocycles. The van der Waals surface area contributed by atoms with E-state index in [9.17, 15) is 22.8 Å². The molecule has 3 N–H and O–H groups in total. The van der Waals surface area contributed by atoms with Crippen molar-refractivity contribution < 1.29 is 18.0 Å². The van der Waals surface area contributed by atoms with Crippen molar-refractivity contribution in [1.82, 2.24) is 10.3 Å². The minimum Gasteiger partial charge on any atom is -0.329 e. The number of halogens is 3. The predicted octanol–water partition coefficient (Wildman–Crippen LogP) is 3.27. The number of rotatable bonds is 2. The molecule has 8 heteroatoms. The predicted molar refractivity (Wildman–Crippen MR) is 96.7 cm³/mol. The topological polar surface area (TPSA) is 74.0 Å². The number of urea groups is 1. The third-order valence-corrected chi connectivity index (χ3v) is 4.80. The van der Waals surface area contributed by atoms with Gasteiger partial charge in [-0.3, -0.25) is 4.79 Å². The number of hydrogen-bond donors (Lipinski definition) is 3. The second kappa shape index (κ2) is 6.44. The van der Waals surface area contributed by atoms with Crippen molar-refractivity contribution in [3.63, 3.8) is 0 Å². The highest BCUT2D eigenvalue weighted by atomic mass is 19.4. The maximum atomic E-state index is 14.0. The van der Waals surface area contributed by atoms with Crippen molar-refractivity contribution in [2.24, 2.45) is 5.92 Å². The number of carbonyl (C=O) groups is 1. The molecule has 2 heterocycles. The van der Waals surface area contributed by atoms with E-state index < -0.39 is 17.7 Å². The van der Waals surface area contributed by atoms with Gasteiger partial charge in [0.25, 0.3) is 5.56 Å². The number of nitrogens with one attached hydrogen (secondary N) is 3. The van der Waals surface area contributed by atoms with Crippen molar-refractivity contribution >= 4 is 11.7 Å². The summed E-state index contributed by atoms with van der Waals surface area (Å²) < 4.78 is 42.1. The number of amides is 2. The van der Waals surface area contributed by atoms with Gasteiger partial charge in [-0.2, -0.15) is 13.2 Å². The van der Waals surface area contributed by atoms with Gasteiger partial charge in [-0.1, -0.05) is 30.0 Å². The van der Waals surface area contributed by atoms with E-state index in [-0.39, 0.29) is 29.1 Å². The van der Waals surface area contributed by atoms with Crippen LogP contribution in [0, 0.1) is 17.8 Å². The Bertz CT molecular complexity index is 1060. The van der Waals surface area contributed by atoms with Gasteiger partial charge in [0, 0.05) is 35.3 Å². The van der Waals surface area contributed by atoms with Crippen LogP contribution < -0.4 is 16.2 Å². The lowest BCUT2D eigenvalue weighted by atomic mass is 9.85. The maximum Gasteiger partial charge on any atom is 0.427 e. The number of carbonyl (C=O) groups excluding carboxylic acids is 1. The summed E-state index contributed by atoms with van der Waals surface area (Å²) in [5.41, 5.74) is -2.07. The molecule has 0 bridgehead atoms. The Morgan fingerprint density at radius 1 is 1.18 bits per heavy atom. The fourth-order valence-electron chi connectivity index (χ4n) is 3.17. The molecule has 5 nitrogen and oxygen atoms in total. The van der Waals surface area contributed by atoms with Crippen LogP contribution in [0.2, 0.25) is 0 Å².